The summed E-state index contributed by atoms with van der Waals surface area (Å²) in [5.41, 5.74) is 9.68. The van der Waals surface area contributed by atoms with Crippen LogP contribution in [0.15, 0.2) is 36.7 Å². The maximum Gasteiger partial charge on any atom is 0.422 e. The van der Waals surface area contributed by atoms with Crippen LogP contribution < -0.4 is 10.9 Å². The van der Waals surface area contributed by atoms with Gasteiger partial charge in [0.1, 0.15) is 11.2 Å². The van der Waals surface area contributed by atoms with E-state index in [2.05, 4.69) is 38.4 Å². The molecule has 1 aromatic carbocycles. The molecule has 0 spiro atoms. The normalized spacial score (nSPS) is 22.8. The summed E-state index contributed by atoms with van der Waals surface area (Å²) in [5.74, 6) is 0.215. The first kappa shape index (κ1) is 26.9. The Balaban J connectivity index is 1.34. The van der Waals surface area contributed by atoms with Crippen molar-refractivity contribution in [3.63, 3.8) is 0 Å². The zero-order chi connectivity index (χ0) is 27.7. The molecule has 11 heteroatoms. The maximum absolute atomic E-state index is 12.6. The summed E-state index contributed by atoms with van der Waals surface area (Å²) in [4.78, 5) is 24.7. The molecule has 2 saturated carbocycles. The zero-order valence-electron chi connectivity index (χ0n) is 23.2. The first-order valence-corrected chi connectivity index (χ1v) is 13.5. The van der Waals surface area contributed by atoms with Crippen molar-refractivity contribution in [2.75, 3.05) is 7.11 Å². The lowest BCUT2D eigenvalue weighted by molar-refractivity contribution is 0.0480. The van der Waals surface area contributed by atoms with Crippen LogP contribution in [0.3, 0.4) is 0 Å². The highest BCUT2D eigenvalue weighted by Crippen LogP contribution is 2.55. The van der Waals surface area contributed by atoms with Gasteiger partial charge in [-0.3, -0.25) is 10.1 Å². The van der Waals surface area contributed by atoms with E-state index >= 15 is 0 Å². The van der Waals surface area contributed by atoms with Crippen LogP contribution in [0.2, 0.25) is 0 Å². The number of hydrogen-bond acceptors (Lipinski definition) is 8. The number of aryl methyl sites for hydroxylation is 1. The van der Waals surface area contributed by atoms with Crippen molar-refractivity contribution in [3.8, 4) is 5.69 Å². The van der Waals surface area contributed by atoms with Gasteiger partial charge in [0.15, 0.2) is 0 Å². The van der Waals surface area contributed by atoms with Crippen molar-refractivity contribution in [3.05, 3.63) is 59.2 Å². The number of benzene rings is 1. The van der Waals surface area contributed by atoms with Crippen molar-refractivity contribution in [2.24, 2.45) is 7.05 Å². The summed E-state index contributed by atoms with van der Waals surface area (Å²) in [6.45, 7) is 5.53. The van der Waals surface area contributed by atoms with E-state index in [4.69, 9.17) is 9.47 Å². The number of methoxy groups -OCH3 is 1. The fourth-order valence-electron chi connectivity index (χ4n) is 5.55. The van der Waals surface area contributed by atoms with E-state index in [0.29, 0.717) is 11.5 Å². The third-order valence-electron chi connectivity index (χ3n) is 7.39. The molecule has 2 fully saturated rings. The molecule has 2 unspecified atom stereocenters. The minimum absolute atomic E-state index is 0.101. The molecule has 2 aromatic heterocycles. The van der Waals surface area contributed by atoms with E-state index in [9.17, 15) is 9.59 Å². The van der Waals surface area contributed by atoms with E-state index in [1.54, 1.807) is 10.9 Å². The van der Waals surface area contributed by atoms with Gasteiger partial charge in [-0.2, -0.15) is 5.10 Å². The Kier molecular flexibility index (Phi) is 7.44. The smallest absolute Gasteiger partial charge is 0.422 e. The number of nitrogens with zero attached hydrogens (tertiary/aromatic N) is 5. The number of esters is 1. The Bertz CT molecular complexity index is 1340. The average molecular weight is 536 g/mol. The molecule has 2 aliphatic rings. The number of carbonyl (C=O) groups is 2. The highest BCUT2D eigenvalue weighted by molar-refractivity contribution is 5.91. The van der Waals surface area contributed by atoms with Crippen LogP contribution in [0.25, 0.3) is 5.69 Å². The first-order chi connectivity index (χ1) is 18.6. The Hall–Kier alpha value is -3.73. The van der Waals surface area contributed by atoms with E-state index in [1.165, 1.54) is 12.7 Å². The summed E-state index contributed by atoms with van der Waals surface area (Å²) in [5, 5.41) is 13.0. The number of hydrogen-bond donors (Lipinski definition) is 2. The molecule has 3 aromatic rings. The van der Waals surface area contributed by atoms with Gasteiger partial charge in [-0.1, -0.05) is 23.8 Å². The SMILES string of the molecule is COC(=O)c1cnn(-c2cccc([C@@H]3CCC[C@H](NNC(=O)OC(C)(C)C)C3)c2)c1C1CC1c1cn(C)nn1. The zero-order valence-corrected chi connectivity index (χ0v) is 23.2. The molecular formula is C28H37N7O4. The van der Waals surface area contributed by atoms with Crippen LogP contribution >= 0.6 is 0 Å². The molecule has 2 N–H and O–H groups in total. The topological polar surface area (TPSA) is 125 Å². The molecular weight excluding hydrogens is 498 g/mol. The lowest BCUT2D eigenvalue weighted by Crippen LogP contribution is -2.47. The number of ether oxygens (including phenoxy) is 2. The molecule has 0 radical (unpaired) electrons. The minimum atomic E-state index is -0.546. The van der Waals surface area contributed by atoms with Gasteiger partial charge >= 0.3 is 12.1 Å². The summed E-state index contributed by atoms with van der Waals surface area (Å²) >= 11 is 0. The van der Waals surface area contributed by atoms with Gasteiger partial charge in [-0.15, -0.1) is 5.10 Å². The summed E-state index contributed by atoms with van der Waals surface area (Å²) in [6, 6.07) is 8.50. The van der Waals surface area contributed by atoms with E-state index in [-0.39, 0.29) is 17.9 Å². The average Bonchev–Trinajstić information content (AvgIpc) is 3.36. The van der Waals surface area contributed by atoms with Crippen molar-refractivity contribution in [1.82, 2.24) is 35.6 Å². The number of aromatic nitrogens is 5. The van der Waals surface area contributed by atoms with Crippen molar-refractivity contribution in [2.45, 2.75) is 82.3 Å². The first-order valence-electron chi connectivity index (χ1n) is 13.5. The van der Waals surface area contributed by atoms with Crippen LogP contribution in [0.1, 0.15) is 97.9 Å². The summed E-state index contributed by atoms with van der Waals surface area (Å²) in [7, 11) is 3.24. The van der Waals surface area contributed by atoms with Gasteiger partial charge in [-0.05, 0) is 70.1 Å². The fraction of sp³-hybridized carbons (Fsp3) is 0.536. The predicted octanol–water partition coefficient (Wildman–Crippen LogP) is 4.11. The molecule has 2 aliphatic carbocycles. The van der Waals surface area contributed by atoms with Crippen molar-refractivity contribution < 1.29 is 19.1 Å². The number of amides is 1. The van der Waals surface area contributed by atoms with Crippen LogP contribution in [0.5, 0.6) is 0 Å². The Morgan fingerprint density at radius 1 is 1.13 bits per heavy atom. The third kappa shape index (κ3) is 6.13. The van der Waals surface area contributed by atoms with Gasteiger partial charge in [0, 0.05) is 31.1 Å². The fourth-order valence-corrected chi connectivity index (χ4v) is 5.55. The van der Waals surface area contributed by atoms with Crippen LogP contribution in [0.4, 0.5) is 4.79 Å². The molecule has 11 nitrogen and oxygen atoms in total. The monoisotopic (exact) mass is 535 g/mol. The summed E-state index contributed by atoms with van der Waals surface area (Å²) in [6.07, 6.45) is 7.89. The quantitative estimate of drug-likeness (QED) is 0.342. The molecule has 0 bridgehead atoms. The van der Waals surface area contributed by atoms with Crippen LogP contribution in [-0.2, 0) is 16.5 Å². The third-order valence-corrected chi connectivity index (χ3v) is 7.39. The number of nitrogens with one attached hydrogen (secondary N) is 2. The second-order valence-electron chi connectivity index (χ2n) is 11.5. The van der Waals surface area contributed by atoms with E-state index in [0.717, 1.165) is 49.2 Å². The maximum atomic E-state index is 12.6. The number of hydrazine groups is 1. The second-order valence-corrected chi connectivity index (χ2v) is 11.5. The van der Waals surface area contributed by atoms with Gasteiger partial charge in [0.25, 0.3) is 0 Å². The van der Waals surface area contributed by atoms with Gasteiger partial charge in [0.2, 0.25) is 0 Å². The van der Waals surface area contributed by atoms with Gasteiger partial charge < -0.3 is 9.47 Å². The Morgan fingerprint density at radius 3 is 2.67 bits per heavy atom. The molecule has 0 saturated heterocycles. The lowest BCUT2D eigenvalue weighted by Gasteiger charge is -2.30. The predicted molar refractivity (Wildman–Crippen MR) is 144 cm³/mol. The number of rotatable bonds is 7. The molecule has 2 heterocycles. The molecule has 4 atom stereocenters. The largest absolute Gasteiger partial charge is 0.465 e. The Labute approximate surface area is 228 Å². The Morgan fingerprint density at radius 2 is 1.95 bits per heavy atom. The molecule has 1 amide bonds. The number of carbonyl (C=O) groups excluding carboxylic acids is 2. The minimum Gasteiger partial charge on any atom is -0.465 e. The highest BCUT2D eigenvalue weighted by Gasteiger charge is 2.46. The van der Waals surface area contributed by atoms with E-state index in [1.807, 2.05) is 50.8 Å². The van der Waals surface area contributed by atoms with Crippen molar-refractivity contribution in [1.29, 1.82) is 0 Å². The standard InChI is InChI=1S/C28H37N7O4/c1-28(2,3)39-27(37)32-30-19-10-6-8-17(12-19)18-9-7-11-20(13-18)35-25(23(15-29-35)26(36)38-5)22-14-21(22)24-16-34(4)33-31-24/h7,9,11,13,15-17,19,21-22,30H,6,8,10,12,14H2,1-5H3,(H,32,37)/t17-,19+,21?,22?/m1/s1. The molecule has 208 valence electrons. The van der Waals surface area contributed by atoms with Gasteiger partial charge in [-0.25, -0.2) is 19.7 Å². The summed E-state index contributed by atoms with van der Waals surface area (Å²) < 4.78 is 14.0. The molecule has 5 rings (SSSR count). The highest BCUT2D eigenvalue weighted by atomic mass is 16.6. The molecule has 0 aliphatic heterocycles. The lowest BCUT2D eigenvalue weighted by atomic mass is 9.81. The molecule has 39 heavy (non-hydrogen) atoms. The van der Waals surface area contributed by atoms with E-state index < -0.39 is 17.7 Å². The second kappa shape index (κ2) is 10.8. The van der Waals surface area contributed by atoms with Crippen molar-refractivity contribution >= 4 is 12.1 Å². The van der Waals surface area contributed by atoms with Crippen LogP contribution in [0, 0.1) is 0 Å². The van der Waals surface area contributed by atoms with Gasteiger partial charge in [0.05, 0.1) is 30.4 Å². The van der Waals surface area contributed by atoms with Crippen LogP contribution in [-0.4, -0.2) is 55.6 Å².